The van der Waals surface area contributed by atoms with Crippen LogP contribution in [0.3, 0.4) is 0 Å². The Morgan fingerprint density at radius 3 is 2.78 bits per heavy atom. The van der Waals surface area contributed by atoms with Gasteiger partial charge in [0, 0.05) is 50.5 Å². The van der Waals surface area contributed by atoms with Crippen LogP contribution < -0.4 is 4.74 Å². The van der Waals surface area contributed by atoms with Crippen molar-refractivity contribution >= 4 is 0 Å². The lowest BCUT2D eigenvalue weighted by molar-refractivity contribution is -0.0625. The Labute approximate surface area is 160 Å². The van der Waals surface area contributed by atoms with Crippen LogP contribution in [0, 0.1) is 0 Å². The molecule has 1 spiro atoms. The predicted octanol–water partition coefficient (Wildman–Crippen LogP) is 1.63. The van der Waals surface area contributed by atoms with Crippen LogP contribution in [-0.4, -0.2) is 77.1 Å². The minimum absolute atomic E-state index is 0.270. The lowest BCUT2D eigenvalue weighted by Gasteiger charge is -2.51. The van der Waals surface area contributed by atoms with Crippen molar-refractivity contribution in [2.75, 3.05) is 47.0 Å². The molecule has 2 fully saturated rings. The van der Waals surface area contributed by atoms with Gasteiger partial charge >= 0.3 is 0 Å². The molecule has 2 aromatic rings. The van der Waals surface area contributed by atoms with Gasteiger partial charge in [0.25, 0.3) is 0 Å². The molecule has 0 aliphatic carbocycles. The standard InChI is InChI=1S/C20H29N5O2/c1-23-7-8-24(14-20(23)5-9-27-10-6-20)12-17-3-4-19(26-2)18(11-17)13-25-16-21-15-22-25/h3-4,11,15-16H,5-10,12-14H2,1-2H3. The molecule has 4 rings (SSSR count). The number of likely N-dealkylation sites (N-methyl/N-ethyl adjacent to an activating group) is 1. The molecule has 0 atom stereocenters. The van der Waals surface area contributed by atoms with E-state index in [0.29, 0.717) is 6.54 Å². The average Bonchev–Trinajstić information content (AvgIpc) is 3.19. The van der Waals surface area contributed by atoms with E-state index in [0.717, 1.165) is 63.5 Å². The Hall–Kier alpha value is -1.96. The molecule has 0 unspecified atom stereocenters. The van der Waals surface area contributed by atoms with Crippen LogP contribution in [-0.2, 0) is 17.8 Å². The van der Waals surface area contributed by atoms with Crippen molar-refractivity contribution in [2.24, 2.45) is 0 Å². The summed E-state index contributed by atoms with van der Waals surface area (Å²) >= 11 is 0. The fourth-order valence-corrected chi connectivity index (χ4v) is 4.37. The van der Waals surface area contributed by atoms with E-state index in [1.807, 2.05) is 4.68 Å². The van der Waals surface area contributed by atoms with Crippen LogP contribution in [0.2, 0.25) is 0 Å². The second-order valence-corrected chi connectivity index (χ2v) is 7.71. The number of rotatable bonds is 5. The number of hydrogen-bond donors (Lipinski definition) is 0. The zero-order valence-corrected chi connectivity index (χ0v) is 16.3. The van der Waals surface area contributed by atoms with Gasteiger partial charge in [0.15, 0.2) is 0 Å². The topological polar surface area (TPSA) is 55.7 Å². The minimum Gasteiger partial charge on any atom is -0.496 e. The van der Waals surface area contributed by atoms with E-state index in [9.17, 15) is 0 Å². The highest BCUT2D eigenvalue weighted by atomic mass is 16.5. The van der Waals surface area contributed by atoms with Crippen LogP contribution >= 0.6 is 0 Å². The summed E-state index contributed by atoms with van der Waals surface area (Å²) in [5.41, 5.74) is 2.72. The molecule has 0 bridgehead atoms. The first-order valence-corrected chi connectivity index (χ1v) is 9.68. The molecule has 27 heavy (non-hydrogen) atoms. The highest BCUT2D eigenvalue weighted by Gasteiger charge is 2.40. The maximum Gasteiger partial charge on any atom is 0.137 e. The fraction of sp³-hybridized carbons (Fsp3) is 0.600. The molecule has 0 amide bonds. The Balaban J connectivity index is 1.48. The monoisotopic (exact) mass is 371 g/mol. The van der Waals surface area contributed by atoms with E-state index in [-0.39, 0.29) is 5.54 Å². The molecule has 2 aliphatic rings. The first-order valence-electron chi connectivity index (χ1n) is 9.68. The highest BCUT2D eigenvalue weighted by Crippen LogP contribution is 2.31. The number of methoxy groups -OCH3 is 1. The third kappa shape index (κ3) is 4.00. The van der Waals surface area contributed by atoms with Gasteiger partial charge < -0.3 is 9.47 Å². The number of aromatic nitrogens is 3. The van der Waals surface area contributed by atoms with Gasteiger partial charge in [-0.25, -0.2) is 9.67 Å². The van der Waals surface area contributed by atoms with Crippen LogP contribution in [0.4, 0.5) is 0 Å². The van der Waals surface area contributed by atoms with Gasteiger partial charge in [-0.2, -0.15) is 5.10 Å². The summed E-state index contributed by atoms with van der Waals surface area (Å²) in [6, 6.07) is 6.50. The summed E-state index contributed by atoms with van der Waals surface area (Å²) < 4.78 is 13.0. The largest absolute Gasteiger partial charge is 0.496 e. The molecule has 146 valence electrons. The summed E-state index contributed by atoms with van der Waals surface area (Å²) in [5, 5.41) is 4.22. The van der Waals surface area contributed by atoms with E-state index in [4.69, 9.17) is 9.47 Å². The lowest BCUT2D eigenvalue weighted by atomic mass is 9.86. The molecule has 2 aliphatic heterocycles. The summed E-state index contributed by atoms with van der Waals surface area (Å²) in [4.78, 5) is 9.17. The first kappa shape index (κ1) is 18.4. The van der Waals surface area contributed by atoms with Gasteiger partial charge in [-0.05, 0) is 37.6 Å². The summed E-state index contributed by atoms with van der Waals surface area (Å²) in [5.74, 6) is 0.897. The Kier molecular flexibility index (Phi) is 5.43. The third-order valence-corrected chi connectivity index (χ3v) is 6.05. The van der Waals surface area contributed by atoms with Gasteiger partial charge in [0.05, 0.1) is 13.7 Å². The maximum absolute atomic E-state index is 5.62. The van der Waals surface area contributed by atoms with Crippen molar-refractivity contribution in [3.63, 3.8) is 0 Å². The molecular weight excluding hydrogens is 342 g/mol. The van der Waals surface area contributed by atoms with Crippen LogP contribution in [0.5, 0.6) is 5.75 Å². The zero-order valence-electron chi connectivity index (χ0n) is 16.3. The van der Waals surface area contributed by atoms with Gasteiger partial charge in [-0.3, -0.25) is 9.80 Å². The van der Waals surface area contributed by atoms with Crippen molar-refractivity contribution in [3.8, 4) is 5.75 Å². The second kappa shape index (κ2) is 7.96. The van der Waals surface area contributed by atoms with Gasteiger partial charge in [0.2, 0.25) is 0 Å². The van der Waals surface area contributed by atoms with Crippen LogP contribution in [0.25, 0.3) is 0 Å². The SMILES string of the molecule is COc1ccc(CN2CCN(C)C3(CCOCC3)C2)cc1Cn1cncn1. The summed E-state index contributed by atoms with van der Waals surface area (Å²) in [6.45, 7) is 6.71. The summed E-state index contributed by atoms with van der Waals surface area (Å²) in [7, 11) is 3.99. The van der Waals surface area contributed by atoms with Crippen molar-refractivity contribution in [2.45, 2.75) is 31.5 Å². The molecule has 0 radical (unpaired) electrons. The highest BCUT2D eigenvalue weighted by molar-refractivity contribution is 5.37. The zero-order chi connectivity index (χ0) is 18.7. The smallest absolute Gasteiger partial charge is 0.137 e. The number of nitrogens with zero attached hydrogens (tertiary/aromatic N) is 5. The molecule has 0 saturated carbocycles. The predicted molar refractivity (Wildman–Crippen MR) is 103 cm³/mol. The van der Waals surface area contributed by atoms with Gasteiger partial charge in [0.1, 0.15) is 18.4 Å². The first-order chi connectivity index (χ1) is 13.2. The molecular formula is C20H29N5O2. The van der Waals surface area contributed by atoms with E-state index in [1.165, 1.54) is 5.56 Å². The summed E-state index contributed by atoms with van der Waals surface area (Å²) in [6.07, 6.45) is 5.55. The Morgan fingerprint density at radius 1 is 1.19 bits per heavy atom. The minimum atomic E-state index is 0.270. The number of ether oxygens (including phenoxy) is 2. The lowest BCUT2D eigenvalue weighted by Crippen LogP contribution is -2.62. The molecule has 7 heteroatoms. The quantitative estimate of drug-likeness (QED) is 0.796. The van der Waals surface area contributed by atoms with E-state index in [2.05, 4.69) is 45.1 Å². The molecule has 0 N–H and O–H groups in total. The van der Waals surface area contributed by atoms with E-state index >= 15 is 0 Å². The third-order valence-electron chi connectivity index (χ3n) is 6.05. The van der Waals surface area contributed by atoms with Crippen molar-refractivity contribution in [1.82, 2.24) is 24.6 Å². The normalized spacial score (nSPS) is 20.8. The van der Waals surface area contributed by atoms with Crippen molar-refractivity contribution in [3.05, 3.63) is 42.0 Å². The molecule has 1 aromatic carbocycles. The van der Waals surface area contributed by atoms with Crippen LogP contribution in [0.1, 0.15) is 24.0 Å². The van der Waals surface area contributed by atoms with Crippen molar-refractivity contribution < 1.29 is 9.47 Å². The molecule has 1 aromatic heterocycles. The van der Waals surface area contributed by atoms with Gasteiger partial charge in [-0.1, -0.05) is 6.07 Å². The maximum atomic E-state index is 5.62. The Bertz CT molecular complexity index is 743. The molecule has 3 heterocycles. The number of benzene rings is 1. The second-order valence-electron chi connectivity index (χ2n) is 7.71. The van der Waals surface area contributed by atoms with E-state index in [1.54, 1.807) is 19.8 Å². The molecule has 7 nitrogen and oxygen atoms in total. The Morgan fingerprint density at radius 2 is 2.04 bits per heavy atom. The molecule has 2 saturated heterocycles. The average molecular weight is 371 g/mol. The number of piperazine rings is 1. The van der Waals surface area contributed by atoms with Gasteiger partial charge in [-0.15, -0.1) is 0 Å². The number of hydrogen-bond acceptors (Lipinski definition) is 6. The van der Waals surface area contributed by atoms with Crippen molar-refractivity contribution in [1.29, 1.82) is 0 Å². The fourth-order valence-electron chi connectivity index (χ4n) is 4.37. The van der Waals surface area contributed by atoms with E-state index < -0.39 is 0 Å². The van der Waals surface area contributed by atoms with Crippen LogP contribution in [0.15, 0.2) is 30.9 Å².